The zero-order chi connectivity index (χ0) is 28.5. The Morgan fingerprint density at radius 2 is 1.42 bits per heavy atom. The molecule has 0 aliphatic heterocycles. The number of nitrogens with one attached hydrogen (secondary N) is 1. The minimum absolute atomic E-state index is 0.212. The number of hydrogen-bond acceptors (Lipinski definition) is 3. The summed E-state index contributed by atoms with van der Waals surface area (Å²) in [5.41, 5.74) is 4.23. The molecule has 0 bridgehead atoms. The number of rotatable bonds is 6. The third-order valence-corrected chi connectivity index (χ3v) is 4.98. The van der Waals surface area contributed by atoms with E-state index in [2.05, 4.69) is 38.0 Å². The van der Waals surface area contributed by atoms with Gasteiger partial charge < -0.3 is 14.8 Å². The first-order valence-corrected chi connectivity index (χ1v) is 13.5. The van der Waals surface area contributed by atoms with Crippen LogP contribution in [0.15, 0.2) is 73.1 Å². The van der Waals surface area contributed by atoms with E-state index in [1.807, 2.05) is 54.9 Å². The van der Waals surface area contributed by atoms with Crippen molar-refractivity contribution >= 4 is 29.1 Å². The molecule has 0 fully saturated rings. The number of carbonyl (C=O) groups excluding carboxylic acids is 1. The number of nitrogens with zero attached hydrogens (tertiary/aromatic N) is 2. The van der Waals surface area contributed by atoms with Crippen LogP contribution in [-0.4, -0.2) is 26.4 Å². The van der Waals surface area contributed by atoms with Crippen molar-refractivity contribution in [1.82, 2.24) is 14.7 Å². The van der Waals surface area contributed by atoms with Crippen molar-refractivity contribution < 1.29 is 14.7 Å². The van der Waals surface area contributed by atoms with Crippen molar-refractivity contribution in [2.75, 3.05) is 0 Å². The van der Waals surface area contributed by atoms with Gasteiger partial charge in [-0.05, 0) is 47.5 Å². The fourth-order valence-electron chi connectivity index (χ4n) is 3.12. The van der Waals surface area contributed by atoms with E-state index in [1.165, 1.54) is 25.0 Å². The molecule has 4 aromatic rings. The third-order valence-electron chi connectivity index (χ3n) is 4.72. The number of carboxylic acid groups (broad SMARTS) is 1. The van der Waals surface area contributed by atoms with Crippen LogP contribution in [0.4, 0.5) is 0 Å². The molecular weight excluding hydrogens is 498 g/mol. The highest BCUT2D eigenvalue weighted by molar-refractivity contribution is 6.30. The smallest absolute Gasteiger partial charge is 0.335 e. The lowest BCUT2D eigenvalue weighted by Crippen LogP contribution is -2.22. The number of pyridine rings is 1. The Bertz CT molecular complexity index is 1250. The van der Waals surface area contributed by atoms with E-state index in [0.29, 0.717) is 29.2 Å². The van der Waals surface area contributed by atoms with Crippen LogP contribution in [0.2, 0.25) is 5.02 Å². The SMILES string of the molecule is CC.CCC.CCC.O=C(O)c1ccc(CNC(=O)c2ccn3cc(Cc4ccc(Cl)cc4)nc3c2)cc1. The van der Waals surface area contributed by atoms with Crippen LogP contribution in [0, 0.1) is 0 Å². The lowest BCUT2D eigenvalue weighted by molar-refractivity contribution is 0.0696. The number of imidazole rings is 1. The van der Waals surface area contributed by atoms with Gasteiger partial charge in [-0.1, -0.05) is 90.3 Å². The molecule has 0 unspecified atom stereocenters. The quantitative estimate of drug-likeness (QED) is 0.260. The maximum absolute atomic E-state index is 12.5. The molecule has 2 aromatic heterocycles. The number of benzene rings is 2. The van der Waals surface area contributed by atoms with Gasteiger partial charge in [-0.2, -0.15) is 0 Å². The minimum Gasteiger partial charge on any atom is -0.478 e. The molecule has 38 heavy (non-hydrogen) atoms. The molecule has 0 saturated carbocycles. The van der Waals surface area contributed by atoms with Crippen LogP contribution in [-0.2, 0) is 13.0 Å². The second-order valence-electron chi connectivity index (χ2n) is 8.32. The first-order valence-electron chi connectivity index (χ1n) is 13.1. The number of carboxylic acids is 1. The van der Waals surface area contributed by atoms with Crippen molar-refractivity contribution in [1.29, 1.82) is 0 Å². The molecule has 204 valence electrons. The minimum atomic E-state index is -0.978. The molecule has 7 heteroatoms. The summed E-state index contributed by atoms with van der Waals surface area (Å²) in [6.45, 7) is 12.8. The van der Waals surface area contributed by atoms with E-state index in [0.717, 1.165) is 16.8 Å². The normalized spacial score (nSPS) is 9.66. The fourth-order valence-corrected chi connectivity index (χ4v) is 3.25. The van der Waals surface area contributed by atoms with Gasteiger partial charge in [0.1, 0.15) is 5.65 Å². The second-order valence-corrected chi connectivity index (χ2v) is 8.75. The highest BCUT2D eigenvalue weighted by atomic mass is 35.5. The number of aromatic nitrogens is 2. The number of fused-ring (bicyclic) bond motifs is 1. The Balaban J connectivity index is 0.000000811. The molecule has 2 aromatic carbocycles. The van der Waals surface area contributed by atoms with Gasteiger partial charge in [-0.3, -0.25) is 4.79 Å². The zero-order valence-corrected chi connectivity index (χ0v) is 24.0. The molecular formula is C31H40ClN3O3. The first kappa shape index (κ1) is 32.4. The molecule has 0 aliphatic carbocycles. The topological polar surface area (TPSA) is 83.7 Å². The van der Waals surface area contributed by atoms with E-state index in [4.69, 9.17) is 16.7 Å². The molecule has 0 spiro atoms. The van der Waals surface area contributed by atoms with Crippen LogP contribution in [0.3, 0.4) is 0 Å². The fraction of sp³-hybridized carbons (Fsp3) is 0.323. The summed E-state index contributed by atoms with van der Waals surface area (Å²) in [6.07, 6.45) is 6.92. The molecule has 0 radical (unpaired) electrons. The lowest BCUT2D eigenvalue weighted by atomic mass is 10.1. The number of hydrogen-bond donors (Lipinski definition) is 2. The van der Waals surface area contributed by atoms with E-state index < -0.39 is 5.97 Å². The van der Waals surface area contributed by atoms with E-state index in [-0.39, 0.29) is 11.5 Å². The summed E-state index contributed by atoms with van der Waals surface area (Å²) in [5, 5.41) is 12.5. The van der Waals surface area contributed by atoms with Gasteiger partial charge in [0.05, 0.1) is 11.3 Å². The predicted octanol–water partition coefficient (Wildman–Crippen LogP) is 8.07. The summed E-state index contributed by atoms with van der Waals surface area (Å²) in [5.74, 6) is -1.20. The first-order chi connectivity index (χ1) is 18.3. The van der Waals surface area contributed by atoms with Gasteiger partial charge in [-0.25, -0.2) is 9.78 Å². The van der Waals surface area contributed by atoms with Gasteiger partial charge in [-0.15, -0.1) is 0 Å². The van der Waals surface area contributed by atoms with Crippen molar-refractivity contribution in [3.8, 4) is 0 Å². The molecule has 2 N–H and O–H groups in total. The van der Waals surface area contributed by atoms with Gasteiger partial charge in [0, 0.05) is 35.9 Å². The summed E-state index contributed by atoms with van der Waals surface area (Å²) < 4.78 is 1.88. The average molecular weight is 538 g/mol. The lowest BCUT2D eigenvalue weighted by Gasteiger charge is -2.06. The Morgan fingerprint density at radius 1 is 0.868 bits per heavy atom. The van der Waals surface area contributed by atoms with Crippen LogP contribution in [0.1, 0.15) is 91.9 Å². The molecule has 2 heterocycles. The number of aromatic carboxylic acids is 1. The third kappa shape index (κ3) is 10.8. The van der Waals surface area contributed by atoms with Crippen molar-refractivity contribution in [2.45, 2.75) is 67.3 Å². The van der Waals surface area contributed by atoms with Gasteiger partial charge in [0.2, 0.25) is 0 Å². The van der Waals surface area contributed by atoms with Gasteiger partial charge >= 0.3 is 5.97 Å². The molecule has 0 aliphatic rings. The summed E-state index contributed by atoms with van der Waals surface area (Å²) in [6, 6.07) is 17.5. The van der Waals surface area contributed by atoms with E-state index in [1.54, 1.807) is 24.3 Å². The van der Waals surface area contributed by atoms with Crippen LogP contribution in [0.5, 0.6) is 0 Å². The summed E-state index contributed by atoms with van der Waals surface area (Å²) >= 11 is 5.93. The maximum atomic E-state index is 12.5. The number of amides is 1. The van der Waals surface area contributed by atoms with Gasteiger partial charge in [0.25, 0.3) is 5.91 Å². The summed E-state index contributed by atoms with van der Waals surface area (Å²) in [7, 11) is 0. The Labute approximate surface area is 231 Å². The molecule has 6 nitrogen and oxygen atoms in total. The monoisotopic (exact) mass is 537 g/mol. The van der Waals surface area contributed by atoms with E-state index >= 15 is 0 Å². The van der Waals surface area contributed by atoms with Crippen LogP contribution in [0.25, 0.3) is 5.65 Å². The molecule has 1 amide bonds. The van der Waals surface area contributed by atoms with Gasteiger partial charge in [0.15, 0.2) is 0 Å². The van der Waals surface area contributed by atoms with Crippen molar-refractivity contribution in [2.24, 2.45) is 0 Å². The zero-order valence-electron chi connectivity index (χ0n) is 23.3. The van der Waals surface area contributed by atoms with Crippen molar-refractivity contribution in [3.63, 3.8) is 0 Å². The highest BCUT2D eigenvalue weighted by Crippen LogP contribution is 2.15. The Morgan fingerprint density at radius 3 is 1.97 bits per heavy atom. The van der Waals surface area contributed by atoms with E-state index in [9.17, 15) is 9.59 Å². The largest absolute Gasteiger partial charge is 0.478 e. The number of halogens is 1. The Kier molecular flexibility index (Phi) is 15.1. The maximum Gasteiger partial charge on any atom is 0.335 e. The average Bonchev–Trinajstić information content (AvgIpc) is 3.32. The van der Waals surface area contributed by atoms with Crippen LogP contribution >= 0.6 is 11.6 Å². The number of carbonyl (C=O) groups is 2. The van der Waals surface area contributed by atoms with Crippen molar-refractivity contribution in [3.05, 3.63) is 106 Å². The molecule has 4 rings (SSSR count). The van der Waals surface area contributed by atoms with Crippen LogP contribution < -0.4 is 5.32 Å². The predicted molar refractivity (Wildman–Crippen MR) is 157 cm³/mol. The molecule has 0 atom stereocenters. The molecule has 0 saturated heterocycles. The highest BCUT2D eigenvalue weighted by Gasteiger charge is 2.10. The Hall–Kier alpha value is -3.64. The second kappa shape index (κ2) is 17.8. The summed E-state index contributed by atoms with van der Waals surface area (Å²) in [4.78, 5) is 28.0. The standard InChI is InChI=1S/C23H18ClN3O3.2C3H8.C2H6/c24-19-7-3-15(4-8-19)11-20-14-27-10-9-18(12-21(27)26-20)22(28)25-13-16-1-5-17(6-2-16)23(29)30;2*1-3-2;1-2/h1-10,12,14H,11,13H2,(H,25,28)(H,29,30);2*3H2,1-2H3;1-2H3.